The maximum atomic E-state index is 14.1. The maximum Gasteiger partial charge on any atom is 0.218 e. The Hall–Kier alpha value is -1.49. The van der Waals surface area contributed by atoms with Gasteiger partial charge >= 0.3 is 0 Å². The molecule has 164 valence electrons. The molecular weight excluding hydrogens is 620 g/mol. The van der Waals surface area contributed by atoms with Crippen LogP contribution in [0.15, 0.2) is 36.4 Å². The molecule has 0 saturated carbocycles. The Morgan fingerprint density at radius 3 is 2.71 bits per heavy atom. The lowest BCUT2D eigenvalue weighted by molar-refractivity contribution is 0.0426. The first-order valence-corrected chi connectivity index (χ1v) is 12.2. The van der Waals surface area contributed by atoms with E-state index in [-0.39, 0.29) is 18.3 Å². The lowest BCUT2D eigenvalue weighted by Crippen LogP contribution is -2.60. The highest BCUT2D eigenvalue weighted by atomic mass is 127. The summed E-state index contributed by atoms with van der Waals surface area (Å²) in [4.78, 5) is 14.1. The number of carbonyl (C=O) groups is 1. The number of rotatable bonds is 4. The monoisotopic (exact) mass is 645 g/mol. The Morgan fingerprint density at radius 2 is 2.06 bits per heavy atom. The van der Waals surface area contributed by atoms with E-state index in [1.54, 1.807) is 19.2 Å². The van der Waals surface area contributed by atoms with Gasteiger partial charge in [-0.25, -0.2) is 0 Å². The molecule has 0 spiro atoms. The molecule has 0 fully saturated rings. The van der Waals surface area contributed by atoms with Gasteiger partial charge in [-0.15, -0.1) is 0 Å². The normalized spacial score (nSPS) is 24.8. The minimum absolute atomic E-state index is 0.00403. The first-order chi connectivity index (χ1) is 14.5. The molecule has 2 N–H and O–H groups in total. The van der Waals surface area contributed by atoms with Gasteiger partial charge in [0.2, 0.25) is 3.61 Å². The third-order valence-corrected chi connectivity index (χ3v) is 10.6. The van der Waals surface area contributed by atoms with E-state index >= 15 is 0 Å². The number of hydrogen-bond donors (Lipinski definition) is 1. The van der Waals surface area contributed by atoms with Gasteiger partial charge in [0.25, 0.3) is 0 Å². The number of benzene rings is 2. The fraction of sp³-hybridized carbons (Fsp3) is 0.375. The number of ketones is 1. The maximum absolute atomic E-state index is 14.1. The van der Waals surface area contributed by atoms with E-state index in [9.17, 15) is 4.79 Å². The summed E-state index contributed by atoms with van der Waals surface area (Å²) in [6, 6.07) is 7.41. The fourth-order valence-corrected chi connectivity index (χ4v) is 6.00. The summed E-state index contributed by atoms with van der Waals surface area (Å²) in [5.41, 5.74) is 11.1. The standard InChI is InChI=1S/C24H25I2NO4/c1-12(2)14(4)8-16-13(3)6-7-15-21(16)31-23(25)11-30-19-10-18(27)20(29-5)9-17(19)24(23,26)22(15)28/h6-7,9-10,14H,1,8,11,27H2,2-5H3. The molecule has 2 aliphatic rings. The van der Waals surface area contributed by atoms with Gasteiger partial charge in [0.05, 0.1) is 18.4 Å². The van der Waals surface area contributed by atoms with Gasteiger partial charge < -0.3 is 19.9 Å². The predicted molar refractivity (Wildman–Crippen MR) is 139 cm³/mol. The number of ether oxygens (including phenoxy) is 3. The van der Waals surface area contributed by atoms with Crippen molar-refractivity contribution in [2.24, 2.45) is 5.92 Å². The van der Waals surface area contributed by atoms with Crippen LogP contribution >= 0.6 is 45.2 Å². The predicted octanol–water partition coefficient (Wildman–Crippen LogP) is 5.77. The summed E-state index contributed by atoms with van der Waals surface area (Å²) >= 11 is 4.46. The van der Waals surface area contributed by atoms with Gasteiger partial charge in [-0.2, -0.15) is 0 Å². The number of anilines is 1. The summed E-state index contributed by atoms with van der Waals surface area (Å²) in [5.74, 6) is 2.04. The van der Waals surface area contributed by atoms with E-state index in [1.807, 2.05) is 19.1 Å². The van der Waals surface area contributed by atoms with Crippen molar-refractivity contribution in [3.63, 3.8) is 0 Å². The molecule has 0 saturated heterocycles. The summed E-state index contributed by atoms with van der Waals surface area (Å²) in [7, 11) is 1.56. The van der Waals surface area contributed by atoms with E-state index < -0.39 is 7.03 Å². The molecule has 7 heteroatoms. The summed E-state index contributed by atoms with van der Waals surface area (Å²) in [6.07, 6.45) is 0.764. The molecule has 3 unspecified atom stereocenters. The van der Waals surface area contributed by atoms with Crippen LogP contribution in [0.1, 0.15) is 40.9 Å². The molecule has 2 aromatic rings. The van der Waals surface area contributed by atoms with Crippen LogP contribution in [0.2, 0.25) is 0 Å². The van der Waals surface area contributed by atoms with Crippen molar-refractivity contribution in [3.05, 3.63) is 58.7 Å². The number of nitrogen functional groups attached to an aromatic ring is 1. The van der Waals surface area contributed by atoms with Gasteiger partial charge in [0.15, 0.2) is 9.20 Å². The molecule has 2 aromatic carbocycles. The SMILES string of the molecule is C=C(C)C(C)Cc1c(C)ccc2c1OC1(I)COc3cc(N)c(OC)cc3C1(I)C2=O. The number of carbonyl (C=O) groups excluding carboxylic acids is 1. The number of Topliss-reactive ketones (excluding diaryl/α,β-unsaturated/α-hetero) is 1. The average Bonchev–Trinajstić information content (AvgIpc) is 2.72. The van der Waals surface area contributed by atoms with Crippen LogP contribution in [0.4, 0.5) is 5.69 Å². The van der Waals surface area contributed by atoms with E-state index in [1.165, 1.54) is 0 Å². The molecule has 0 radical (unpaired) electrons. The molecule has 0 bridgehead atoms. The number of hydrogen-bond acceptors (Lipinski definition) is 5. The van der Waals surface area contributed by atoms with Crippen LogP contribution in [-0.4, -0.2) is 23.1 Å². The fourth-order valence-electron chi connectivity index (χ4n) is 4.11. The molecule has 31 heavy (non-hydrogen) atoms. The van der Waals surface area contributed by atoms with Crippen molar-refractivity contribution in [3.8, 4) is 17.2 Å². The molecule has 4 rings (SSSR count). The van der Waals surface area contributed by atoms with E-state index in [0.717, 1.165) is 23.1 Å². The number of fused-ring (bicyclic) bond motifs is 4. The van der Waals surface area contributed by atoms with Gasteiger partial charge in [-0.3, -0.25) is 4.79 Å². The largest absolute Gasteiger partial charge is 0.495 e. The Kier molecular flexibility index (Phi) is 5.73. The first kappa shape index (κ1) is 22.7. The van der Waals surface area contributed by atoms with Gasteiger partial charge in [-0.1, -0.05) is 47.7 Å². The number of nitrogens with two attached hydrogens (primary N) is 1. The van der Waals surface area contributed by atoms with E-state index in [2.05, 4.69) is 65.6 Å². The summed E-state index contributed by atoms with van der Waals surface area (Å²) < 4.78 is 16.3. The lowest BCUT2D eigenvalue weighted by Gasteiger charge is -2.49. The third kappa shape index (κ3) is 3.34. The van der Waals surface area contributed by atoms with Crippen molar-refractivity contribution >= 4 is 56.7 Å². The van der Waals surface area contributed by atoms with Crippen LogP contribution in [0.3, 0.4) is 0 Å². The second-order valence-electron chi connectivity index (χ2n) is 8.39. The van der Waals surface area contributed by atoms with Crippen molar-refractivity contribution in [2.45, 2.75) is 34.2 Å². The number of aryl methyl sites for hydroxylation is 1. The highest BCUT2D eigenvalue weighted by Crippen LogP contribution is 2.60. The van der Waals surface area contributed by atoms with Crippen molar-refractivity contribution in [1.29, 1.82) is 0 Å². The first-order valence-electron chi connectivity index (χ1n) is 10.0. The average molecular weight is 645 g/mol. The van der Waals surface area contributed by atoms with Crippen LogP contribution in [-0.2, 0) is 9.84 Å². The summed E-state index contributed by atoms with van der Waals surface area (Å²) in [5, 5.41) is 0. The lowest BCUT2D eigenvalue weighted by atomic mass is 9.79. The molecule has 0 amide bonds. The molecular formula is C24H25I2NO4. The highest BCUT2D eigenvalue weighted by molar-refractivity contribution is 14.1. The van der Waals surface area contributed by atoms with E-state index in [0.29, 0.717) is 34.1 Å². The van der Waals surface area contributed by atoms with Gasteiger partial charge in [-0.05, 0) is 72.0 Å². The number of alkyl halides is 2. The second kappa shape index (κ2) is 7.83. The Bertz CT molecular complexity index is 1120. The number of allylic oxidation sites excluding steroid dienone is 1. The minimum atomic E-state index is -0.987. The Morgan fingerprint density at radius 1 is 1.35 bits per heavy atom. The van der Waals surface area contributed by atoms with Gasteiger partial charge in [0, 0.05) is 11.6 Å². The van der Waals surface area contributed by atoms with Crippen LogP contribution in [0.25, 0.3) is 0 Å². The van der Waals surface area contributed by atoms with Crippen molar-refractivity contribution in [1.82, 2.24) is 0 Å². The highest BCUT2D eigenvalue weighted by Gasteiger charge is 2.64. The summed E-state index contributed by atoms with van der Waals surface area (Å²) in [6.45, 7) is 10.5. The van der Waals surface area contributed by atoms with E-state index in [4.69, 9.17) is 19.9 Å². The second-order valence-corrected chi connectivity index (χ2v) is 11.7. The zero-order chi connectivity index (χ0) is 22.7. The zero-order valence-electron chi connectivity index (χ0n) is 18.0. The number of methoxy groups -OCH3 is 1. The minimum Gasteiger partial charge on any atom is -0.495 e. The zero-order valence-corrected chi connectivity index (χ0v) is 22.3. The smallest absolute Gasteiger partial charge is 0.218 e. The molecule has 0 aliphatic carbocycles. The van der Waals surface area contributed by atoms with Crippen LogP contribution < -0.4 is 19.9 Å². The third-order valence-electron chi connectivity index (χ3n) is 6.30. The molecule has 2 aliphatic heterocycles. The Labute approximate surface area is 210 Å². The molecule has 3 atom stereocenters. The Balaban J connectivity index is 1.91. The molecule has 5 nitrogen and oxygen atoms in total. The van der Waals surface area contributed by atoms with Crippen molar-refractivity contribution in [2.75, 3.05) is 19.5 Å². The quantitative estimate of drug-likeness (QED) is 0.198. The molecule has 2 heterocycles. The molecule has 0 aromatic heterocycles. The van der Waals surface area contributed by atoms with Crippen LogP contribution in [0.5, 0.6) is 17.2 Å². The van der Waals surface area contributed by atoms with Crippen molar-refractivity contribution < 1.29 is 19.0 Å². The topological polar surface area (TPSA) is 70.8 Å². The van der Waals surface area contributed by atoms with Gasteiger partial charge in [0.1, 0.15) is 23.9 Å². The number of halogens is 2. The van der Waals surface area contributed by atoms with Crippen LogP contribution in [0, 0.1) is 12.8 Å².